The number of hydrogen-bond acceptors (Lipinski definition) is 6. The summed E-state index contributed by atoms with van der Waals surface area (Å²) in [5.41, 5.74) is 0. The van der Waals surface area contributed by atoms with Crippen LogP contribution < -0.4 is 0 Å². The molecule has 5 unspecified atom stereocenters. The third-order valence-electron chi connectivity index (χ3n) is 8.26. The molecule has 1 saturated carbocycles. The van der Waals surface area contributed by atoms with Gasteiger partial charge in [0, 0.05) is 19.8 Å². The summed E-state index contributed by atoms with van der Waals surface area (Å²) in [4.78, 5) is 23.6. The van der Waals surface area contributed by atoms with E-state index in [4.69, 9.17) is 18.6 Å². The van der Waals surface area contributed by atoms with Crippen LogP contribution >= 0.6 is 0 Å². The van der Waals surface area contributed by atoms with Gasteiger partial charge in [0.25, 0.3) is 0 Å². The number of esters is 2. The molecule has 7 heteroatoms. The first-order valence-electron chi connectivity index (χ1n) is 15.9. The maximum atomic E-state index is 11.8. The maximum absolute atomic E-state index is 11.8. The van der Waals surface area contributed by atoms with Crippen molar-refractivity contribution in [3.63, 3.8) is 0 Å². The molecule has 0 aromatic rings. The molecule has 0 N–H and O–H groups in total. The van der Waals surface area contributed by atoms with Crippen LogP contribution in [0.5, 0.6) is 0 Å². The van der Waals surface area contributed by atoms with Crippen molar-refractivity contribution in [2.45, 2.75) is 180 Å². The summed E-state index contributed by atoms with van der Waals surface area (Å²) in [5, 5.41) is 0. The minimum absolute atomic E-state index is 0.0107. The number of fused-ring (bicyclic) bond motifs is 1. The van der Waals surface area contributed by atoms with Crippen LogP contribution in [0.4, 0.5) is 0 Å². The van der Waals surface area contributed by atoms with E-state index in [1.165, 1.54) is 110 Å². The fraction of sp³-hybridized carbons (Fsp3) is 0.935. The Kier molecular flexibility index (Phi) is 16.1. The average molecular weight is 555 g/mol. The summed E-state index contributed by atoms with van der Waals surface area (Å²) in [6.45, 7) is 9.48. The number of carbonyl (C=O) groups is 2. The highest BCUT2D eigenvalue weighted by molar-refractivity contribution is 6.71. The van der Waals surface area contributed by atoms with Gasteiger partial charge >= 0.3 is 11.9 Å². The maximum Gasteiger partial charge on any atom is 0.303 e. The predicted molar refractivity (Wildman–Crippen MR) is 155 cm³/mol. The van der Waals surface area contributed by atoms with E-state index in [-0.39, 0.29) is 18.0 Å². The smallest absolute Gasteiger partial charge is 0.303 e. The molecule has 2 rings (SSSR count). The Bertz CT molecular complexity index is 669. The number of unbranched alkanes of at least 4 members (excludes halogenated alkanes) is 15. The zero-order valence-corrected chi connectivity index (χ0v) is 26.3. The first-order chi connectivity index (χ1) is 18.2. The summed E-state index contributed by atoms with van der Waals surface area (Å²) in [6, 6.07) is 1.05. The second kappa shape index (κ2) is 18.4. The predicted octanol–water partition coefficient (Wildman–Crippen LogP) is 8.47. The van der Waals surface area contributed by atoms with Crippen molar-refractivity contribution in [2.24, 2.45) is 5.92 Å². The molecule has 0 bridgehead atoms. The van der Waals surface area contributed by atoms with Crippen LogP contribution in [-0.4, -0.2) is 44.9 Å². The third kappa shape index (κ3) is 13.0. The molecule has 0 amide bonds. The molecule has 1 heterocycles. The molecule has 0 aromatic heterocycles. The van der Waals surface area contributed by atoms with Crippen LogP contribution in [-0.2, 0) is 28.2 Å². The normalized spacial score (nSPS) is 24.9. The van der Waals surface area contributed by atoms with Crippen LogP contribution in [0.15, 0.2) is 0 Å². The van der Waals surface area contributed by atoms with Crippen molar-refractivity contribution in [3.05, 3.63) is 0 Å². The van der Waals surface area contributed by atoms with E-state index in [2.05, 4.69) is 20.0 Å². The van der Waals surface area contributed by atoms with E-state index in [9.17, 15) is 9.59 Å². The Morgan fingerprint density at radius 1 is 0.684 bits per heavy atom. The van der Waals surface area contributed by atoms with Gasteiger partial charge in [-0.3, -0.25) is 9.59 Å². The van der Waals surface area contributed by atoms with Gasteiger partial charge in [-0.15, -0.1) is 0 Å². The average Bonchev–Trinajstić information content (AvgIpc) is 2.82. The largest absolute Gasteiger partial charge is 0.458 e. The van der Waals surface area contributed by atoms with E-state index in [1.54, 1.807) is 0 Å². The minimum Gasteiger partial charge on any atom is -0.458 e. The van der Waals surface area contributed by atoms with Crippen molar-refractivity contribution in [2.75, 3.05) is 0 Å². The van der Waals surface area contributed by atoms with Crippen molar-refractivity contribution in [1.82, 2.24) is 0 Å². The second-order valence-corrected chi connectivity index (χ2v) is 16.6. The molecule has 0 radical (unpaired) electrons. The van der Waals surface area contributed by atoms with Crippen molar-refractivity contribution in [1.29, 1.82) is 0 Å². The van der Waals surface area contributed by atoms with Crippen LogP contribution in [0, 0.1) is 5.92 Å². The second-order valence-electron chi connectivity index (χ2n) is 12.4. The van der Waals surface area contributed by atoms with Crippen molar-refractivity contribution < 1.29 is 28.2 Å². The topological polar surface area (TPSA) is 71.1 Å². The SMILES string of the molecule is CCCCCCCCCCCCCCCCCC[Si](C)(C)OC1OC2CCC2C(OC(C)=O)C1OC(C)=O. The summed E-state index contributed by atoms with van der Waals surface area (Å²) in [6.07, 6.45) is 21.8. The molecule has 222 valence electrons. The van der Waals surface area contributed by atoms with Crippen LogP contribution in [0.2, 0.25) is 19.1 Å². The van der Waals surface area contributed by atoms with Crippen LogP contribution in [0.1, 0.15) is 136 Å². The third-order valence-corrected chi connectivity index (χ3v) is 10.7. The molecular formula is C31H58O6Si. The highest BCUT2D eigenvalue weighted by atomic mass is 28.4. The van der Waals surface area contributed by atoms with E-state index in [0.29, 0.717) is 0 Å². The lowest BCUT2D eigenvalue weighted by molar-refractivity contribution is -0.291. The Morgan fingerprint density at radius 2 is 1.13 bits per heavy atom. The lowest BCUT2D eigenvalue weighted by atomic mass is 9.74. The number of ether oxygens (including phenoxy) is 3. The van der Waals surface area contributed by atoms with Gasteiger partial charge in [-0.1, -0.05) is 110 Å². The van der Waals surface area contributed by atoms with E-state index in [1.807, 2.05) is 0 Å². The van der Waals surface area contributed by atoms with E-state index in [0.717, 1.165) is 25.3 Å². The number of carbonyl (C=O) groups excluding carboxylic acids is 2. The van der Waals surface area contributed by atoms with Crippen molar-refractivity contribution in [3.8, 4) is 0 Å². The Hall–Kier alpha value is -0.923. The monoisotopic (exact) mass is 554 g/mol. The minimum atomic E-state index is -2.04. The van der Waals surface area contributed by atoms with Gasteiger partial charge < -0.3 is 18.6 Å². The van der Waals surface area contributed by atoms with Crippen LogP contribution in [0.25, 0.3) is 0 Å². The molecule has 0 spiro atoms. The van der Waals surface area contributed by atoms with E-state index < -0.39 is 32.8 Å². The number of rotatable bonds is 21. The van der Waals surface area contributed by atoms with Gasteiger partial charge in [0.2, 0.25) is 0 Å². The molecule has 38 heavy (non-hydrogen) atoms. The molecule has 2 fully saturated rings. The van der Waals surface area contributed by atoms with E-state index >= 15 is 0 Å². The first kappa shape index (κ1) is 33.3. The summed E-state index contributed by atoms with van der Waals surface area (Å²) in [7, 11) is -2.04. The molecule has 1 aliphatic heterocycles. The zero-order chi connectivity index (χ0) is 27.8. The fourth-order valence-electron chi connectivity index (χ4n) is 5.92. The van der Waals surface area contributed by atoms with Gasteiger partial charge in [-0.25, -0.2) is 0 Å². The quantitative estimate of drug-likeness (QED) is 0.0805. The first-order valence-corrected chi connectivity index (χ1v) is 19.0. The van der Waals surface area contributed by atoms with Gasteiger partial charge in [-0.2, -0.15) is 0 Å². The van der Waals surface area contributed by atoms with Crippen LogP contribution in [0.3, 0.4) is 0 Å². The molecule has 1 aliphatic carbocycles. The standard InChI is InChI=1S/C31H58O6Si/c1-6-7-8-9-10-11-12-13-14-15-16-17-18-19-20-21-24-38(4,5)37-31-30(35-26(3)33)29(34-25(2)32)27-22-23-28(27)36-31/h27-31H,6-24H2,1-5H3. The lowest BCUT2D eigenvalue weighted by Crippen LogP contribution is -2.62. The van der Waals surface area contributed by atoms with Gasteiger partial charge in [0.1, 0.15) is 6.10 Å². The molecule has 2 aliphatic rings. The molecule has 6 nitrogen and oxygen atoms in total. The summed E-state index contributed by atoms with van der Waals surface area (Å²) in [5.74, 6) is -0.685. The zero-order valence-electron chi connectivity index (χ0n) is 25.3. The molecular weight excluding hydrogens is 496 g/mol. The molecule has 0 aromatic carbocycles. The lowest BCUT2D eigenvalue weighted by Gasteiger charge is -2.51. The Labute approximate surface area is 234 Å². The van der Waals surface area contributed by atoms with Gasteiger partial charge in [-0.05, 0) is 32.0 Å². The fourth-order valence-corrected chi connectivity index (χ4v) is 7.95. The molecule has 5 atom stereocenters. The Balaban J connectivity index is 1.57. The van der Waals surface area contributed by atoms with Gasteiger partial charge in [0.15, 0.2) is 20.7 Å². The van der Waals surface area contributed by atoms with Crippen molar-refractivity contribution >= 4 is 20.3 Å². The summed E-state index contributed by atoms with van der Waals surface area (Å²) < 4.78 is 24.0. The highest BCUT2D eigenvalue weighted by Crippen LogP contribution is 2.43. The Morgan fingerprint density at radius 3 is 1.55 bits per heavy atom. The number of hydrogen-bond donors (Lipinski definition) is 0. The molecule has 1 saturated heterocycles. The van der Waals surface area contributed by atoms with Gasteiger partial charge in [0.05, 0.1) is 6.10 Å². The highest BCUT2D eigenvalue weighted by Gasteiger charge is 2.54. The summed E-state index contributed by atoms with van der Waals surface area (Å²) >= 11 is 0.